The van der Waals surface area contributed by atoms with Crippen molar-refractivity contribution in [1.82, 2.24) is 5.09 Å². The van der Waals surface area contributed by atoms with Gasteiger partial charge in [-0.3, -0.25) is 4.57 Å². The van der Waals surface area contributed by atoms with E-state index in [1.165, 1.54) is 0 Å². The molecule has 0 aliphatic heterocycles. The van der Waals surface area contributed by atoms with Crippen LogP contribution in [-0.4, -0.2) is 18.6 Å². The van der Waals surface area contributed by atoms with Gasteiger partial charge in [0.2, 0.25) is 0 Å². The molecule has 0 aromatic heterocycles. The molecular weight excluding hydrogens is 280 g/mol. The Balaban J connectivity index is 2.71. The van der Waals surface area contributed by atoms with Crippen molar-refractivity contribution in [3.63, 3.8) is 0 Å². The monoisotopic (exact) mass is 295 g/mol. The summed E-state index contributed by atoms with van der Waals surface area (Å²) in [6.07, 6.45) is 1.19. The van der Waals surface area contributed by atoms with E-state index in [4.69, 9.17) is 27.7 Å². The van der Waals surface area contributed by atoms with Gasteiger partial charge in [0.1, 0.15) is 5.75 Å². The maximum Gasteiger partial charge on any atom is 0.317 e. The first-order valence-electron chi connectivity index (χ1n) is 5.45. The van der Waals surface area contributed by atoms with Crippen LogP contribution in [0.25, 0.3) is 0 Å². The van der Waals surface area contributed by atoms with E-state index in [0.717, 1.165) is 6.42 Å². The molecule has 6 heteroatoms. The number of halogens is 2. The molecule has 0 spiro atoms. The second kappa shape index (κ2) is 7.27. The van der Waals surface area contributed by atoms with E-state index in [-0.39, 0.29) is 0 Å². The van der Waals surface area contributed by atoms with Gasteiger partial charge in [0.25, 0.3) is 0 Å². The minimum atomic E-state index is -2.90. The van der Waals surface area contributed by atoms with Gasteiger partial charge >= 0.3 is 7.52 Å². The molecule has 0 heterocycles. The Labute approximate surface area is 112 Å². The van der Waals surface area contributed by atoms with Crippen LogP contribution in [0.15, 0.2) is 24.3 Å². The quantitative estimate of drug-likeness (QED) is 0.607. The highest BCUT2D eigenvalue weighted by molar-refractivity contribution is 7.57. The smallest absolute Gasteiger partial charge is 0.317 e. The summed E-state index contributed by atoms with van der Waals surface area (Å²) in [6, 6.07) is 6.77. The molecule has 1 N–H and O–H groups in total. The molecule has 1 aromatic rings. The normalized spacial score (nSPS) is 14.3. The molecule has 0 saturated carbocycles. The fourth-order valence-corrected chi connectivity index (χ4v) is 3.57. The topological polar surface area (TPSA) is 38.3 Å². The highest BCUT2D eigenvalue weighted by Gasteiger charge is 2.22. The van der Waals surface area contributed by atoms with E-state index in [0.29, 0.717) is 29.4 Å². The van der Waals surface area contributed by atoms with Crippen molar-refractivity contribution in [2.45, 2.75) is 13.3 Å². The molecule has 3 nitrogen and oxygen atoms in total. The number of alkyl halides is 1. The number of nitrogens with one attached hydrogen (secondary N) is 1. The summed E-state index contributed by atoms with van der Waals surface area (Å²) in [6.45, 7) is 2.64. The molecule has 0 bridgehead atoms. The number of rotatable bonds is 7. The van der Waals surface area contributed by atoms with Gasteiger partial charge in [-0.2, -0.15) is 0 Å². The molecule has 1 unspecified atom stereocenters. The van der Waals surface area contributed by atoms with E-state index < -0.39 is 7.52 Å². The Kier molecular flexibility index (Phi) is 6.35. The van der Waals surface area contributed by atoms with Crippen molar-refractivity contribution in [2.24, 2.45) is 0 Å². The number of hydrogen-bond acceptors (Lipinski definition) is 2. The zero-order chi connectivity index (χ0) is 12.7. The third-order valence-electron chi connectivity index (χ3n) is 2.05. The molecule has 0 amide bonds. The van der Waals surface area contributed by atoms with Crippen molar-refractivity contribution in [3.05, 3.63) is 29.3 Å². The van der Waals surface area contributed by atoms with Crippen LogP contribution < -0.4 is 9.61 Å². The SMILES string of the molecule is CCCNP(=O)(CCCl)Oc1ccc(Cl)cc1. The van der Waals surface area contributed by atoms with Gasteiger partial charge in [-0.25, -0.2) is 5.09 Å². The van der Waals surface area contributed by atoms with E-state index in [1.807, 2.05) is 6.92 Å². The Bertz CT molecular complexity index is 384. The maximum absolute atomic E-state index is 12.4. The molecule has 1 rings (SSSR count). The second-order valence-corrected chi connectivity index (χ2v) is 6.65. The molecular formula is C11H16Cl2NO2P. The van der Waals surface area contributed by atoms with Gasteiger partial charge in [-0.05, 0) is 30.7 Å². The Hall–Kier alpha value is -0.210. The minimum absolute atomic E-state index is 0.293. The summed E-state index contributed by atoms with van der Waals surface area (Å²) in [4.78, 5) is 0. The lowest BCUT2D eigenvalue weighted by Gasteiger charge is -2.19. The number of hydrogen-bond donors (Lipinski definition) is 1. The molecule has 1 atom stereocenters. The molecule has 1 aromatic carbocycles. The van der Waals surface area contributed by atoms with Crippen molar-refractivity contribution in [3.8, 4) is 5.75 Å². The van der Waals surface area contributed by atoms with Crippen LogP contribution in [0, 0.1) is 0 Å². The lowest BCUT2D eigenvalue weighted by molar-refractivity contribution is 0.468. The second-order valence-electron chi connectivity index (χ2n) is 3.54. The summed E-state index contributed by atoms with van der Waals surface area (Å²) in [5, 5.41) is 3.54. The van der Waals surface area contributed by atoms with Crippen molar-refractivity contribution in [2.75, 3.05) is 18.6 Å². The third kappa shape index (κ3) is 5.31. The lowest BCUT2D eigenvalue weighted by atomic mass is 10.3. The zero-order valence-corrected chi connectivity index (χ0v) is 12.1. The molecule has 17 heavy (non-hydrogen) atoms. The molecule has 0 aliphatic rings. The van der Waals surface area contributed by atoms with Crippen molar-refractivity contribution in [1.29, 1.82) is 0 Å². The summed E-state index contributed by atoms with van der Waals surface area (Å²) in [5.74, 6) is 0.827. The van der Waals surface area contributed by atoms with Crippen LogP contribution in [0.1, 0.15) is 13.3 Å². The van der Waals surface area contributed by atoms with Crippen LogP contribution in [0.5, 0.6) is 5.75 Å². The van der Waals surface area contributed by atoms with E-state index >= 15 is 0 Å². The molecule has 96 valence electrons. The summed E-state index contributed by atoms with van der Waals surface area (Å²) < 4.78 is 17.9. The average Bonchev–Trinajstić information content (AvgIpc) is 2.30. The van der Waals surface area contributed by atoms with Gasteiger partial charge in [-0.15, -0.1) is 11.6 Å². The maximum atomic E-state index is 12.4. The van der Waals surface area contributed by atoms with Gasteiger partial charge in [-0.1, -0.05) is 18.5 Å². The largest absolute Gasteiger partial charge is 0.433 e. The highest BCUT2D eigenvalue weighted by atomic mass is 35.5. The summed E-state index contributed by atoms with van der Waals surface area (Å²) in [7, 11) is -2.90. The first kappa shape index (κ1) is 14.8. The number of benzene rings is 1. The molecule has 0 fully saturated rings. The predicted octanol–water partition coefficient (Wildman–Crippen LogP) is 4.15. The van der Waals surface area contributed by atoms with Gasteiger partial charge in [0.15, 0.2) is 0 Å². The van der Waals surface area contributed by atoms with Crippen LogP contribution in [-0.2, 0) is 4.57 Å². The van der Waals surface area contributed by atoms with Gasteiger partial charge in [0, 0.05) is 17.4 Å². The third-order valence-corrected chi connectivity index (χ3v) is 4.78. The van der Waals surface area contributed by atoms with E-state index in [1.54, 1.807) is 24.3 Å². The highest BCUT2D eigenvalue weighted by Crippen LogP contribution is 2.42. The Morgan fingerprint density at radius 2 is 2.00 bits per heavy atom. The first-order chi connectivity index (χ1) is 8.09. The predicted molar refractivity (Wildman–Crippen MR) is 73.6 cm³/mol. The lowest BCUT2D eigenvalue weighted by Crippen LogP contribution is -2.18. The fourth-order valence-electron chi connectivity index (χ4n) is 1.22. The van der Waals surface area contributed by atoms with Crippen LogP contribution in [0.3, 0.4) is 0 Å². The molecule has 0 aliphatic carbocycles. The van der Waals surface area contributed by atoms with Gasteiger partial charge in [0.05, 0.1) is 6.16 Å². The van der Waals surface area contributed by atoms with Crippen LogP contribution >= 0.6 is 30.7 Å². The summed E-state index contributed by atoms with van der Waals surface area (Å²) >= 11 is 11.4. The van der Waals surface area contributed by atoms with E-state index in [9.17, 15) is 4.57 Å². The van der Waals surface area contributed by atoms with Gasteiger partial charge < -0.3 is 4.52 Å². The van der Waals surface area contributed by atoms with E-state index in [2.05, 4.69) is 5.09 Å². The minimum Gasteiger partial charge on any atom is -0.433 e. The van der Waals surface area contributed by atoms with Crippen LogP contribution in [0.2, 0.25) is 5.02 Å². The fraction of sp³-hybridized carbons (Fsp3) is 0.455. The van der Waals surface area contributed by atoms with Crippen molar-refractivity contribution < 1.29 is 9.09 Å². The molecule has 0 radical (unpaired) electrons. The first-order valence-corrected chi connectivity index (χ1v) is 8.17. The molecule has 0 saturated heterocycles. The Morgan fingerprint density at radius 1 is 1.35 bits per heavy atom. The Morgan fingerprint density at radius 3 is 2.53 bits per heavy atom. The zero-order valence-electron chi connectivity index (χ0n) is 9.66. The average molecular weight is 296 g/mol. The van der Waals surface area contributed by atoms with Crippen molar-refractivity contribution >= 4 is 30.7 Å². The standard InChI is InChI=1S/C11H16Cl2NO2P/c1-2-8-14-17(15,9-7-12)16-11-5-3-10(13)4-6-11/h3-6H,2,7-9H2,1H3,(H,14,15). The van der Waals surface area contributed by atoms with Crippen LogP contribution in [0.4, 0.5) is 0 Å². The summed E-state index contributed by atoms with van der Waals surface area (Å²) in [5.41, 5.74) is 0.